The third-order valence-electron chi connectivity index (χ3n) is 4.01. The molecule has 1 atom stereocenters. The number of pyridine rings is 1. The van der Waals surface area contributed by atoms with Gasteiger partial charge in [-0.1, -0.05) is 0 Å². The molecule has 1 aliphatic heterocycles. The Morgan fingerprint density at radius 1 is 1.38 bits per heavy atom. The maximum atomic E-state index is 13.1. The first-order chi connectivity index (χ1) is 11.3. The fourth-order valence-electron chi connectivity index (χ4n) is 2.82. The molecule has 0 spiro atoms. The van der Waals surface area contributed by atoms with Crippen molar-refractivity contribution >= 4 is 5.91 Å². The minimum atomic E-state index is -4.68. The van der Waals surface area contributed by atoms with Crippen molar-refractivity contribution in [3.05, 3.63) is 41.5 Å². The number of rotatable bonds is 2. The molecular weight excluding hydrogens is 327 g/mol. The molecule has 0 aromatic carbocycles. The van der Waals surface area contributed by atoms with E-state index < -0.39 is 28.8 Å². The number of hydrogen-bond donors (Lipinski definition) is 2. The molecule has 0 aliphatic carbocycles. The summed E-state index contributed by atoms with van der Waals surface area (Å²) in [6.45, 7) is 0.0939. The maximum Gasteiger partial charge on any atom is 0.418 e. The topological polar surface area (TPSA) is 95.0 Å². The Morgan fingerprint density at radius 2 is 2.17 bits per heavy atom. The number of amides is 1. The fourth-order valence-corrected chi connectivity index (χ4v) is 2.82. The molecule has 3 heterocycles. The molecule has 24 heavy (non-hydrogen) atoms. The summed E-state index contributed by atoms with van der Waals surface area (Å²) in [5.41, 5.74) is -2.76. The standard InChI is InChI=1S/C14H14F3N5O2/c15-14(16,17)10-6-18-4-2-9(10)12(23)22-5-1-3-13(24,8-22)11-7-19-21-20-11/h2,4,6-7,24H,1,3,5,8H2,(H,19,20,21)/t13-/m0/s1. The number of nitrogens with zero attached hydrogens (tertiary/aromatic N) is 4. The summed E-state index contributed by atoms with van der Waals surface area (Å²) in [4.78, 5) is 17.2. The Hall–Kier alpha value is -2.49. The second-order valence-electron chi connectivity index (χ2n) is 5.64. The van der Waals surface area contributed by atoms with Crippen molar-refractivity contribution in [2.45, 2.75) is 24.6 Å². The van der Waals surface area contributed by atoms with Gasteiger partial charge in [0.05, 0.1) is 23.9 Å². The van der Waals surface area contributed by atoms with E-state index in [1.165, 1.54) is 11.1 Å². The quantitative estimate of drug-likeness (QED) is 0.860. The summed E-state index contributed by atoms with van der Waals surface area (Å²) >= 11 is 0. The lowest BCUT2D eigenvalue weighted by molar-refractivity contribution is -0.138. The Kier molecular flexibility index (Phi) is 3.99. The Bertz CT molecular complexity index is 734. The number of aliphatic hydroxyl groups is 1. The van der Waals surface area contributed by atoms with Crippen molar-refractivity contribution in [1.82, 2.24) is 25.3 Å². The van der Waals surface area contributed by atoms with Gasteiger partial charge in [-0.2, -0.15) is 28.6 Å². The minimum Gasteiger partial charge on any atom is -0.382 e. The number of carbonyl (C=O) groups excluding carboxylic acids is 1. The van der Waals surface area contributed by atoms with Crippen molar-refractivity contribution in [2.24, 2.45) is 0 Å². The van der Waals surface area contributed by atoms with E-state index in [0.29, 0.717) is 19.0 Å². The SMILES string of the molecule is O=C(c1ccncc1C(F)(F)F)N1CCC[C@@](O)(c2cn[nH]n2)C1. The van der Waals surface area contributed by atoms with E-state index in [-0.39, 0.29) is 18.8 Å². The number of nitrogens with one attached hydrogen (secondary N) is 1. The van der Waals surface area contributed by atoms with Crippen LogP contribution in [0, 0.1) is 0 Å². The third kappa shape index (κ3) is 2.96. The first-order valence-corrected chi connectivity index (χ1v) is 7.20. The first-order valence-electron chi connectivity index (χ1n) is 7.20. The molecule has 10 heteroatoms. The number of halogens is 3. The Balaban J connectivity index is 1.89. The monoisotopic (exact) mass is 341 g/mol. The van der Waals surface area contributed by atoms with Gasteiger partial charge in [-0.25, -0.2) is 0 Å². The lowest BCUT2D eigenvalue weighted by atomic mass is 9.89. The van der Waals surface area contributed by atoms with Gasteiger partial charge in [0.1, 0.15) is 11.3 Å². The van der Waals surface area contributed by atoms with Crippen molar-refractivity contribution < 1.29 is 23.1 Å². The summed E-state index contributed by atoms with van der Waals surface area (Å²) in [6, 6.07) is 1.04. The second kappa shape index (κ2) is 5.86. The molecule has 128 valence electrons. The van der Waals surface area contributed by atoms with Crippen molar-refractivity contribution in [3.8, 4) is 0 Å². The lowest BCUT2D eigenvalue weighted by Crippen LogP contribution is -2.49. The normalized spacial score (nSPS) is 21.8. The average molecular weight is 341 g/mol. The highest BCUT2D eigenvalue weighted by Crippen LogP contribution is 2.34. The van der Waals surface area contributed by atoms with E-state index in [2.05, 4.69) is 20.4 Å². The van der Waals surface area contributed by atoms with Crippen LogP contribution in [0.5, 0.6) is 0 Å². The van der Waals surface area contributed by atoms with Gasteiger partial charge in [0, 0.05) is 18.9 Å². The number of hydrogen-bond acceptors (Lipinski definition) is 5. The molecule has 2 aromatic heterocycles. The predicted molar refractivity (Wildman–Crippen MR) is 74.7 cm³/mol. The summed E-state index contributed by atoms with van der Waals surface area (Å²) in [6.07, 6.45) is -0.816. The van der Waals surface area contributed by atoms with Crippen LogP contribution in [0.25, 0.3) is 0 Å². The van der Waals surface area contributed by atoms with Gasteiger partial charge in [-0.15, -0.1) is 0 Å². The molecule has 0 unspecified atom stereocenters. The van der Waals surface area contributed by atoms with E-state index in [1.807, 2.05) is 0 Å². The predicted octanol–water partition coefficient (Wildman–Crippen LogP) is 1.34. The number of β-amino-alcohol motifs (C(OH)–C–C–N with tert-alkyl or cyclic N) is 1. The Morgan fingerprint density at radius 3 is 2.83 bits per heavy atom. The maximum absolute atomic E-state index is 13.1. The van der Waals surface area contributed by atoms with Crippen LogP contribution < -0.4 is 0 Å². The van der Waals surface area contributed by atoms with Gasteiger partial charge < -0.3 is 10.0 Å². The summed E-state index contributed by atoms with van der Waals surface area (Å²) in [5, 5.41) is 20.5. The first kappa shape index (κ1) is 16.4. The number of piperidine rings is 1. The zero-order chi connectivity index (χ0) is 17.4. The van der Waals surface area contributed by atoms with E-state index in [4.69, 9.17) is 0 Å². The summed E-state index contributed by atoms with van der Waals surface area (Å²) < 4.78 is 39.2. The van der Waals surface area contributed by atoms with Crippen LogP contribution in [0.4, 0.5) is 13.2 Å². The minimum absolute atomic E-state index is 0.155. The molecule has 1 fully saturated rings. The van der Waals surface area contributed by atoms with Gasteiger partial charge in [0.15, 0.2) is 0 Å². The van der Waals surface area contributed by atoms with Crippen LogP contribution in [0.15, 0.2) is 24.7 Å². The number of aromatic nitrogens is 4. The number of carbonyl (C=O) groups is 1. The number of likely N-dealkylation sites (tertiary alicyclic amines) is 1. The van der Waals surface area contributed by atoms with Crippen LogP contribution in [0.1, 0.15) is 34.5 Å². The van der Waals surface area contributed by atoms with Gasteiger partial charge in [0.2, 0.25) is 0 Å². The molecule has 1 saturated heterocycles. The van der Waals surface area contributed by atoms with Crippen molar-refractivity contribution in [3.63, 3.8) is 0 Å². The fraction of sp³-hybridized carbons (Fsp3) is 0.429. The lowest BCUT2D eigenvalue weighted by Gasteiger charge is -2.38. The molecular formula is C14H14F3N5O2. The number of H-pyrrole nitrogens is 1. The van der Waals surface area contributed by atoms with E-state index in [0.717, 1.165) is 12.3 Å². The zero-order valence-electron chi connectivity index (χ0n) is 12.4. The van der Waals surface area contributed by atoms with Crippen LogP contribution in [0.2, 0.25) is 0 Å². The number of aromatic amines is 1. The van der Waals surface area contributed by atoms with Gasteiger partial charge in [0.25, 0.3) is 5.91 Å². The van der Waals surface area contributed by atoms with Gasteiger partial charge in [-0.05, 0) is 18.9 Å². The van der Waals surface area contributed by atoms with Gasteiger partial charge >= 0.3 is 6.18 Å². The van der Waals surface area contributed by atoms with E-state index in [1.54, 1.807) is 0 Å². The molecule has 0 bridgehead atoms. The highest BCUT2D eigenvalue weighted by Gasteiger charge is 2.41. The van der Waals surface area contributed by atoms with Crippen LogP contribution in [-0.4, -0.2) is 49.4 Å². The third-order valence-corrected chi connectivity index (χ3v) is 4.01. The van der Waals surface area contributed by atoms with Crippen LogP contribution in [0.3, 0.4) is 0 Å². The molecule has 2 N–H and O–H groups in total. The van der Waals surface area contributed by atoms with Crippen LogP contribution in [-0.2, 0) is 11.8 Å². The van der Waals surface area contributed by atoms with Gasteiger partial charge in [-0.3, -0.25) is 9.78 Å². The molecule has 3 rings (SSSR count). The molecule has 0 saturated carbocycles. The van der Waals surface area contributed by atoms with Crippen molar-refractivity contribution in [2.75, 3.05) is 13.1 Å². The Labute approximate surface area is 134 Å². The highest BCUT2D eigenvalue weighted by molar-refractivity contribution is 5.95. The van der Waals surface area contributed by atoms with E-state index >= 15 is 0 Å². The summed E-state index contributed by atoms with van der Waals surface area (Å²) in [5.74, 6) is -0.800. The van der Waals surface area contributed by atoms with Crippen molar-refractivity contribution in [1.29, 1.82) is 0 Å². The zero-order valence-corrected chi connectivity index (χ0v) is 12.4. The largest absolute Gasteiger partial charge is 0.418 e. The van der Waals surface area contributed by atoms with Crippen LogP contribution >= 0.6 is 0 Å². The second-order valence-corrected chi connectivity index (χ2v) is 5.64. The van der Waals surface area contributed by atoms with E-state index in [9.17, 15) is 23.1 Å². The molecule has 2 aromatic rings. The number of alkyl halides is 3. The highest BCUT2D eigenvalue weighted by atomic mass is 19.4. The average Bonchev–Trinajstić information content (AvgIpc) is 3.09. The molecule has 1 amide bonds. The molecule has 1 aliphatic rings. The molecule has 0 radical (unpaired) electrons. The smallest absolute Gasteiger partial charge is 0.382 e. The molecule has 7 nitrogen and oxygen atoms in total. The summed E-state index contributed by atoms with van der Waals surface area (Å²) in [7, 11) is 0.